The summed E-state index contributed by atoms with van der Waals surface area (Å²) in [7, 11) is 0. The van der Waals surface area contributed by atoms with Crippen LogP contribution in [-0.2, 0) is 0 Å². The second-order valence-electron chi connectivity index (χ2n) is 9.50. The number of amides is 1. The van der Waals surface area contributed by atoms with Crippen LogP contribution in [0, 0.1) is 13.8 Å². The predicted octanol–water partition coefficient (Wildman–Crippen LogP) is 5.69. The van der Waals surface area contributed by atoms with E-state index in [4.69, 9.17) is 4.98 Å². The quantitative estimate of drug-likeness (QED) is 0.326. The summed E-state index contributed by atoms with van der Waals surface area (Å²) in [4.78, 5) is 42.4. The minimum atomic E-state index is -4.78. The van der Waals surface area contributed by atoms with Crippen molar-refractivity contribution in [2.75, 3.05) is 13.1 Å². The number of carbonyl (C=O) groups excluding carboxylic acids is 2. The maximum absolute atomic E-state index is 12.9. The molecule has 8 nitrogen and oxygen atoms in total. The van der Waals surface area contributed by atoms with Gasteiger partial charge in [-0.2, -0.15) is 0 Å². The zero-order valence-corrected chi connectivity index (χ0v) is 21.1. The molecule has 5 rings (SSSR count). The van der Waals surface area contributed by atoms with Crippen molar-refractivity contribution in [3.63, 3.8) is 0 Å². The second-order valence-corrected chi connectivity index (χ2v) is 9.50. The van der Waals surface area contributed by atoms with Crippen LogP contribution in [0.3, 0.4) is 0 Å². The molecule has 1 saturated heterocycles. The van der Waals surface area contributed by atoms with Gasteiger partial charge >= 0.3 is 6.36 Å². The Morgan fingerprint density at radius 2 is 1.74 bits per heavy atom. The van der Waals surface area contributed by atoms with E-state index in [2.05, 4.69) is 19.7 Å². The molecule has 1 fully saturated rings. The summed E-state index contributed by atoms with van der Waals surface area (Å²) < 4.78 is 41.1. The van der Waals surface area contributed by atoms with Gasteiger partial charge in [-0.15, -0.1) is 13.2 Å². The molecule has 0 radical (unpaired) electrons. The molecule has 4 aromatic rings. The molecular weight excluding hydrogens is 499 g/mol. The van der Waals surface area contributed by atoms with E-state index in [-0.39, 0.29) is 23.4 Å². The molecule has 1 aromatic carbocycles. The lowest BCUT2D eigenvalue weighted by atomic mass is 9.89. The molecule has 3 aromatic heterocycles. The Balaban J connectivity index is 1.32. The molecule has 0 spiro atoms. The number of Topliss-reactive ketones (excluding diaryl/α,β-unsaturated/α-hetero) is 1. The lowest BCUT2D eigenvalue weighted by Gasteiger charge is -2.32. The highest BCUT2D eigenvalue weighted by molar-refractivity contribution is 5.96. The van der Waals surface area contributed by atoms with Crippen LogP contribution in [0.2, 0.25) is 0 Å². The van der Waals surface area contributed by atoms with Gasteiger partial charge in [-0.1, -0.05) is 0 Å². The minimum Gasteiger partial charge on any atom is -0.406 e. The van der Waals surface area contributed by atoms with Crippen LogP contribution in [0.1, 0.15) is 63.4 Å². The van der Waals surface area contributed by atoms with Crippen LogP contribution in [0.5, 0.6) is 5.75 Å². The third kappa shape index (κ3) is 4.88. The number of likely N-dealkylation sites (tertiary alicyclic amines) is 1. The van der Waals surface area contributed by atoms with Gasteiger partial charge in [0.25, 0.3) is 5.91 Å². The zero-order chi connectivity index (χ0) is 27.2. The van der Waals surface area contributed by atoms with Gasteiger partial charge in [-0.25, -0.2) is 9.97 Å². The fourth-order valence-electron chi connectivity index (χ4n) is 5.21. The molecule has 1 amide bonds. The largest absolute Gasteiger partial charge is 0.573 e. The molecule has 198 valence electrons. The number of rotatable bonds is 5. The van der Waals surface area contributed by atoms with Gasteiger partial charge in [-0.3, -0.25) is 9.59 Å². The number of nitrogens with zero attached hydrogens (tertiary/aromatic N) is 3. The van der Waals surface area contributed by atoms with Gasteiger partial charge < -0.3 is 19.6 Å². The maximum Gasteiger partial charge on any atom is 0.573 e. The lowest BCUT2D eigenvalue weighted by Crippen LogP contribution is -2.38. The summed E-state index contributed by atoms with van der Waals surface area (Å²) in [6, 6.07) is 6.92. The Kier molecular flexibility index (Phi) is 6.46. The number of alkyl halides is 3. The van der Waals surface area contributed by atoms with Crippen molar-refractivity contribution < 1.29 is 27.5 Å². The molecule has 11 heteroatoms. The standard InChI is InChI=1S/C27H26F3N5O3/c1-14-21(15(2)32-22(14)16(3)36)24-33-23-20(8-11-31-25(23)34-24)17-9-12-35(13-10-17)26(37)18-4-6-19(7-5-18)38-27(28,29)30/h4-8,11,17,32H,9-10,12-13H2,1-3H3,(H,31,33,34). The highest BCUT2D eigenvalue weighted by atomic mass is 19.4. The number of carbonyl (C=O) groups is 2. The Morgan fingerprint density at radius 1 is 1.05 bits per heavy atom. The van der Waals surface area contributed by atoms with E-state index in [1.807, 2.05) is 19.9 Å². The molecule has 0 bridgehead atoms. The number of hydrogen-bond donors (Lipinski definition) is 2. The molecule has 0 atom stereocenters. The van der Waals surface area contributed by atoms with E-state index >= 15 is 0 Å². The number of halogens is 3. The first kappa shape index (κ1) is 25.5. The van der Waals surface area contributed by atoms with E-state index in [0.717, 1.165) is 40.0 Å². The van der Waals surface area contributed by atoms with E-state index in [0.29, 0.717) is 48.7 Å². The number of H-pyrrole nitrogens is 2. The molecule has 4 heterocycles. The van der Waals surface area contributed by atoms with Crippen LogP contribution in [-0.4, -0.2) is 56.0 Å². The molecule has 1 aliphatic heterocycles. The van der Waals surface area contributed by atoms with Crippen LogP contribution >= 0.6 is 0 Å². The second kappa shape index (κ2) is 9.62. The smallest absolute Gasteiger partial charge is 0.406 e. The first-order valence-corrected chi connectivity index (χ1v) is 12.2. The summed E-state index contributed by atoms with van der Waals surface area (Å²) in [5.74, 6) is 0.159. The minimum absolute atomic E-state index is 0.0429. The number of ketones is 1. The Bertz CT molecular complexity index is 1510. The summed E-state index contributed by atoms with van der Waals surface area (Å²) in [6.07, 6.45) is -1.63. The summed E-state index contributed by atoms with van der Waals surface area (Å²) >= 11 is 0. The number of fused-ring (bicyclic) bond motifs is 1. The number of pyridine rings is 1. The first-order chi connectivity index (χ1) is 18.0. The molecule has 0 saturated carbocycles. The van der Waals surface area contributed by atoms with E-state index in [1.165, 1.54) is 19.1 Å². The topological polar surface area (TPSA) is 104 Å². The molecule has 1 aliphatic rings. The van der Waals surface area contributed by atoms with E-state index in [9.17, 15) is 22.8 Å². The van der Waals surface area contributed by atoms with Gasteiger partial charge in [-0.05, 0) is 74.1 Å². The third-order valence-corrected chi connectivity index (χ3v) is 7.00. The van der Waals surface area contributed by atoms with Crippen molar-refractivity contribution in [3.05, 3.63) is 64.6 Å². The van der Waals surface area contributed by atoms with Crippen LogP contribution in [0.4, 0.5) is 13.2 Å². The molecule has 0 aliphatic carbocycles. The van der Waals surface area contributed by atoms with Gasteiger partial charge in [0.1, 0.15) is 17.1 Å². The van der Waals surface area contributed by atoms with E-state index < -0.39 is 6.36 Å². The van der Waals surface area contributed by atoms with Gasteiger partial charge in [0.2, 0.25) is 0 Å². The Labute approximate surface area is 216 Å². The highest BCUT2D eigenvalue weighted by Crippen LogP contribution is 2.35. The predicted molar refractivity (Wildman–Crippen MR) is 134 cm³/mol. The number of piperidine rings is 1. The Morgan fingerprint density at radius 3 is 2.34 bits per heavy atom. The summed E-state index contributed by atoms with van der Waals surface area (Å²) in [6.45, 7) is 6.32. The SMILES string of the molecule is CC(=O)c1[nH]c(C)c(-c2nc3c(C4CCN(C(=O)c5ccc(OC(F)(F)F)cc5)CC4)ccnc3[nH]2)c1C. The number of aromatic amines is 2. The van der Waals surface area contributed by atoms with Crippen molar-refractivity contribution in [2.24, 2.45) is 0 Å². The lowest BCUT2D eigenvalue weighted by molar-refractivity contribution is -0.274. The monoisotopic (exact) mass is 525 g/mol. The van der Waals surface area contributed by atoms with Crippen molar-refractivity contribution >= 4 is 22.9 Å². The number of aromatic nitrogens is 4. The first-order valence-electron chi connectivity index (χ1n) is 12.2. The number of benzene rings is 1. The van der Waals surface area contributed by atoms with Crippen LogP contribution in [0.15, 0.2) is 36.5 Å². The third-order valence-electron chi connectivity index (χ3n) is 7.00. The van der Waals surface area contributed by atoms with Crippen molar-refractivity contribution in [3.8, 4) is 17.1 Å². The normalized spacial score (nSPS) is 14.7. The molecule has 2 N–H and O–H groups in total. The number of ether oxygens (including phenoxy) is 1. The summed E-state index contributed by atoms with van der Waals surface area (Å²) in [5.41, 5.74) is 5.85. The van der Waals surface area contributed by atoms with E-state index in [1.54, 1.807) is 11.1 Å². The maximum atomic E-state index is 12.9. The number of hydrogen-bond acceptors (Lipinski definition) is 5. The van der Waals surface area contributed by atoms with Crippen LogP contribution < -0.4 is 4.74 Å². The average Bonchev–Trinajstić information content (AvgIpc) is 3.43. The Hall–Kier alpha value is -4.15. The van der Waals surface area contributed by atoms with Crippen molar-refractivity contribution in [2.45, 2.75) is 45.9 Å². The summed E-state index contributed by atoms with van der Waals surface area (Å²) in [5, 5.41) is 0. The van der Waals surface area contributed by atoms with Crippen LogP contribution in [0.25, 0.3) is 22.6 Å². The average molecular weight is 526 g/mol. The highest BCUT2D eigenvalue weighted by Gasteiger charge is 2.31. The number of nitrogens with one attached hydrogen (secondary N) is 2. The number of imidazole rings is 1. The van der Waals surface area contributed by atoms with Gasteiger partial charge in [0.05, 0.1) is 5.69 Å². The molecule has 0 unspecified atom stereocenters. The molecular formula is C27H26F3N5O3. The fourth-order valence-corrected chi connectivity index (χ4v) is 5.21. The fraction of sp³-hybridized carbons (Fsp3) is 0.333. The van der Waals surface area contributed by atoms with Crippen molar-refractivity contribution in [1.29, 1.82) is 0 Å². The zero-order valence-electron chi connectivity index (χ0n) is 21.1. The molecule has 38 heavy (non-hydrogen) atoms. The van der Waals surface area contributed by atoms with Crippen molar-refractivity contribution in [1.82, 2.24) is 24.8 Å². The number of aryl methyl sites for hydroxylation is 1. The van der Waals surface area contributed by atoms with Gasteiger partial charge in [0.15, 0.2) is 11.4 Å². The van der Waals surface area contributed by atoms with Gasteiger partial charge in [0, 0.05) is 43.0 Å².